The van der Waals surface area contributed by atoms with Gasteiger partial charge in [0.05, 0.1) is 19.8 Å². The van der Waals surface area contributed by atoms with E-state index in [0.717, 1.165) is 6.07 Å². The first kappa shape index (κ1) is 25.4. The average Bonchev–Trinajstić information content (AvgIpc) is 2.86. The van der Waals surface area contributed by atoms with Crippen LogP contribution in [0.15, 0.2) is 59.3 Å². The lowest BCUT2D eigenvalue weighted by molar-refractivity contribution is -0.122. The molecule has 1 heterocycles. The molecule has 2 aromatic carbocycles. The Morgan fingerprint density at radius 1 is 1.09 bits per heavy atom. The van der Waals surface area contributed by atoms with Gasteiger partial charge in [-0.3, -0.25) is 30.8 Å². The minimum atomic E-state index is -1.29. The van der Waals surface area contributed by atoms with Crippen molar-refractivity contribution in [2.45, 2.75) is 6.04 Å². The molecule has 3 aromatic rings. The quantitative estimate of drug-likeness (QED) is 0.166. The van der Waals surface area contributed by atoms with Gasteiger partial charge in [0.2, 0.25) is 0 Å². The standard InChI is InChI=1S/C23H22BrFN6O4/c1-34-18-9-15(17(25)10-19(18)35-2)20(29-13-5-3-12(4-6-13)21(26)27)23(33)31-30-22(32)14-7-8-28-11-16(14)24/h3-11,20,29H,1-2H3,(H3,26,27)(H,30,32)(H,31,33). The molecule has 0 saturated heterocycles. The van der Waals surface area contributed by atoms with Gasteiger partial charge in [0.15, 0.2) is 11.5 Å². The number of carbonyl (C=O) groups is 2. The van der Waals surface area contributed by atoms with Crippen LogP contribution in [0.4, 0.5) is 10.1 Å². The summed E-state index contributed by atoms with van der Waals surface area (Å²) in [6.07, 6.45) is 2.86. The summed E-state index contributed by atoms with van der Waals surface area (Å²) < 4.78 is 25.9. The first-order chi connectivity index (χ1) is 16.7. The Morgan fingerprint density at radius 2 is 1.74 bits per heavy atom. The molecular weight excluding hydrogens is 523 g/mol. The molecule has 1 atom stereocenters. The third-order valence-corrected chi connectivity index (χ3v) is 5.53. The molecular formula is C23H22BrFN6O4. The Labute approximate surface area is 208 Å². The number of benzene rings is 2. The molecule has 3 rings (SSSR count). The van der Waals surface area contributed by atoms with Gasteiger partial charge in [-0.2, -0.15) is 0 Å². The average molecular weight is 545 g/mol. The zero-order valence-electron chi connectivity index (χ0n) is 18.7. The molecule has 35 heavy (non-hydrogen) atoms. The van der Waals surface area contributed by atoms with Crippen molar-refractivity contribution < 1.29 is 23.5 Å². The number of amides is 2. The predicted molar refractivity (Wildman–Crippen MR) is 131 cm³/mol. The predicted octanol–water partition coefficient (Wildman–Crippen LogP) is 2.90. The van der Waals surface area contributed by atoms with Gasteiger partial charge in [-0.1, -0.05) is 0 Å². The normalized spacial score (nSPS) is 11.2. The number of hydrogen-bond donors (Lipinski definition) is 5. The molecule has 0 aliphatic heterocycles. The van der Waals surface area contributed by atoms with Gasteiger partial charge in [0.25, 0.3) is 11.8 Å². The number of hydrazine groups is 1. The number of aromatic nitrogens is 1. The van der Waals surface area contributed by atoms with Crippen LogP contribution in [0.1, 0.15) is 27.5 Å². The van der Waals surface area contributed by atoms with E-state index < -0.39 is 23.7 Å². The lowest BCUT2D eigenvalue weighted by atomic mass is 10.0. The molecule has 1 unspecified atom stereocenters. The summed E-state index contributed by atoms with van der Waals surface area (Å²) in [5, 5.41) is 10.4. The van der Waals surface area contributed by atoms with Crippen LogP contribution in [0.3, 0.4) is 0 Å². The molecule has 6 N–H and O–H groups in total. The Balaban J connectivity index is 1.91. The minimum Gasteiger partial charge on any atom is -0.493 e. The molecule has 0 radical (unpaired) electrons. The number of amidine groups is 1. The highest BCUT2D eigenvalue weighted by molar-refractivity contribution is 9.10. The van der Waals surface area contributed by atoms with Crippen LogP contribution >= 0.6 is 15.9 Å². The molecule has 10 nitrogen and oxygen atoms in total. The number of rotatable bonds is 8. The smallest absolute Gasteiger partial charge is 0.270 e. The number of methoxy groups -OCH3 is 2. The summed E-state index contributed by atoms with van der Waals surface area (Å²) in [7, 11) is 2.75. The van der Waals surface area contributed by atoms with Crippen molar-refractivity contribution in [3.63, 3.8) is 0 Å². The number of carbonyl (C=O) groups excluding carboxylic acids is 2. The number of ether oxygens (including phenoxy) is 2. The van der Waals surface area contributed by atoms with Gasteiger partial charge in [-0.05, 0) is 52.3 Å². The van der Waals surface area contributed by atoms with E-state index in [1.54, 1.807) is 24.3 Å². The Morgan fingerprint density at radius 3 is 2.34 bits per heavy atom. The summed E-state index contributed by atoms with van der Waals surface area (Å²) >= 11 is 3.22. The Kier molecular flexibility index (Phi) is 8.21. The van der Waals surface area contributed by atoms with Crippen molar-refractivity contribution in [2.24, 2.45) is 5.73 Å². The number of pyridine rings is 1. The number of anilines is 1. The molecule has 0 saturated carbocycles. The van der Waals surface area contributed by atoms with E-state index in [4.69, 9.17) is 20.6 Å². The molecule has 1 aromatic heterocycles. The van der Waals surface area contributed by atoms with Crippen LogP contribution in [-0.4, -0.2) is 36.9 Å². The van der Waals surface area contributed by atoms with E-state index in [1.165, 1.54) is 38.7 Å². The van der Waals surface area contributed by atoms with Crippen LogP contribution in [0, 0.1) is 11.2 Å². The van der Waals surface area contributed by atoms with Crippen molar-refractivity contribution in [1.82, 2.24) is 15.8 Å². The van der Waals surface area contributed by atoms with Crippen LogP contribution in [0.2, 0.25) is 0 Å². The lowest BCUT2D eigenvalue weighted by Gasteiger charge is -2.22. The first-order valence-corrected chi connectivity index (χ1v) is 10.9. The van der Waals surface area contributed by atoms with Gasteiger partial charge in [-0.15, -0.1) is 0 Å². The van der Waals surface area contributed by atoms with Crippen molar-refractivity contribution in [2.75, 3.05) is 19.5 Å². The molecule has 12 heteroatoms. The summed E-state index contributed by atoms with van der Waals surface area (Å²) in [6, 6.07) is 8.93. The van der Waals surface area contributed by atoms with E-state index in [2.05, 4.69) is 37.1 Å². The summed E-state index contributed by atoms with van der Waals surface area (Å²) in [6.45, 7) is 0. The highest BCUT2D eigenvalue weighted by Crippen LogP contribution is 2.34. The van der Waals surface area contributed by atoms with Crippen molar-refractivity contribution in [3.8, 4) is 11.5 Å². The maximum absolute atomic E-state index is 15.1. The van der Waals surface area contributed by atoms with Gasteiger partial charge in [0, 0.05) is 39.7 Å². The third kappa shape index (κ3) is 6.03. The zero-order valence-corrected chi connectivity index (χ0v) is 20.3. The number of hydrogen-bond acceptors (Lipinski definition) is 7. The van der Waals surface area contributed by atoms with Crippen molar-refractivity contribution >= 4 is 39.3 Å². The second-order valence-electron chi connectivity index (χ2n) is 7.10. The Hall–Kier alpha value is -4.19. The topological polar surface area (TPSA) is 151 Å². The number of halogens is 2. The van der Waals surface area contributed by atoms with Crippen LogP contribution < -0.4 is 31.4 Å². The molecule has 0 fully saturated rings. The molecule has 0 bridgehead atoms. The van der Waals surface area contributed by atoms with Gasteiger partial charge in [-0.25, -0.2) is 4.39 Å². The molecule has 0 aliphatic rings. The summed E-state index contributed by atoms with van der Waals surface area (Å²) in [4.78, 5) is 29.5. The Bertz CT molecular complexity index is 1260. The highest BCUT2D eigenvalue weighted by Gasteiger charge is 2.27. The van der Waals surface area contributed by atoms with Gasteiger partial charge >= 0.3 is 0 Å². The second-order valence-corrected chi connectivity index (χ2v) is 7.95. The lowest BCUT2D eigenvalue weighted by Crippen LogP contribution is -2.45. The molecule has 0 spiro atoms. The van der Waals surface area contributed by atoms with Gasteiger partial charge < -0.3 is 20.5 Å². The minimum absolute atomic E-state index is 0.0601. The second kappa shape index (κ2) is 11.3. The molecule has 182 valence electrons. The van der Waals surface area contributed by atoms with E-state index in [0.29, 0.717) is 15.7 Å². The van der Waals surface area contributed by atoms with E-state index >= 15 is 4.39 Å². The maximum Gasteiger partial charge on any atom is 0.270 e. The summed E-state index contributed by atoms with van der Waals surface area (Å²) in [5.41, 5.74) is 11.2. The zero-order chi connectivity index (χ0) is 25.5. The first-order valence-electron chi connectivity index (χ1n) is 10.1. The van der Waals surface area contributed by atoms with Crippen LogP contribution in [0.25, 0.3) is 0 Å². The summed E-state index contributed by atoms with van der Waals surface area (Å²) in [5.74, 6) is -1.87. The number of nitrogens with two attached hydrogens (primary N) is 1. The fraction of sp³-hybridized carbons (Fsp3) is 0.130. The maximum atomic E-state index is 15.1. The highest BCUT2D eigenvalue weighted by atomic mass is 79.9. The monoisotopic (exact) mass is 544 g/mol. The third-order valence-electron chi connectivity index (χ3n) is 4.90. The van der Waals surface area contributed by atoms with E-state index in [-0.39, 0.29) is 28.5 Å². The van der Waals surface area contributed by atoms with Crippen LogP contribution in [0.5, 0.6) is 11.5 Å². The fourth-order valence-corrected chi connectivity index (χ4v) is 3.54. The fourth-order valence-electron chi connectivity index (χ4n) is 3.11. The van der Waals surface area contributed by atoms with Crippen molar-refractivity contribution in [3.05, 3.63) is 81.8 Å². The van der Waals surface area contributed by atoms with Crippen molar-refractivity contribution in [1.29, 1.82) is 5.41 Å². The number of nitrogens with zero attached hydrogens (tertiary/aromatic N) is 1. The largest absolute Gasteiger partial charge is 0.493 e. The molecule has 2 amide bonds. The SMILES string of the molecule is COc1cc(F)c(C(Nc2ccc(C(=N)N)cc2)C(=O)NNC(=O)c2ccncc2Br)cc1OC. The van der Waals surface area contributed by atoms with Crippen LogP contribution in [-0.2, 0) is 4.79 Å². The van der Waals surface area contributed by atoms with E-state index in [9.17, 15) is 9.59 Å². The number of nitrogens with one attached hydrogen (secondary N) is 4. The van der Waals surface area contributed by atoms with E-state index in [1.807, 2.05) is 0 Å². The molecule has 0 aliphatic carbocycles. The van der Waals surface area contributed by atoms with Gasteiger partial charge in [0.1, 0.15) is 17.7 Å². The number of nitrogen functional groups attached to an aromatic ring is 1.